The molecule has 0 spiro atoms. The third-order valence-electron chi connectivity index (χ3n) is 3.69. The Kier molecular flexibility index (Phi) is 3.40. The second kappa shape index (κ2) is 5.19. The summed E-state index contributed by atoms with van der Waals surface area (Å²) >= 11 is 0. The highest BCUT2D eigenvalue weighted by atomic mass is 16.5. The number of ether oxygens (including phenoxy) is 1. The van der Waals surface area contributed by atoms with Gasteiger partial charge in [0.1, 0.15) is 0 Å². The summed E-state index contributed by atoms with van der Waals surface area (Å²) in [5.74, 6) is 0. The predicted molar refractivity (Wildman–Crippen MR) is 74.1 cm³/mol. The van der Waals surface area contributed by atoms with Crippen LogP contribution in [0.25, 0.3) is 11.0 Å². The summed E-state index contributed by atoms with van der Waals surface area (Å²) in [7, 11) is 0. The monoisotopic (exact) mass is 261 g/mol. The van der Waals surface area contributed by atoms with Crippen LogP contribution in [0.3, 0.4) is 0 Å². The molecule has 19 heavy (non-hydrogen) atoms. The largest absolute Gasteiger partial charge is 0.378 e. The fourth-order valence-electron chi connectivity index (χ4n) is 2.54. The van der Waals surface area contributed by atoms with E-state index in [-0.39, 0.29) is 5.69 Å². The molecule has 3 N–H and O–H groups in total. The molecular formula is C14H19N3O2. The van der Waals surface area contributed by atoms with Crippen molar-refractivity contribution in [3.63, 3.8) is 0 Å². The van der Waals surface area contributed by atoms with Crippen molar-refractivity contribution in [2.24, 2.45) is 5.73 Å². The molecule has 1 aliphatic carbocycles. The van der Waals surface area contributed by atoms with Gasteiger partial charge in [-0.15, -0.1) is 0 Å². The Morgan fingerprint density at radius 1 is 1.37 bits per heavy atom. The normalized spacial score (nSPS) is 22.6. The first-order valence-corrected chi connectivity index (χ1v) is 6.79. The third kappa shape index (κ3) is 2.57. The molecule has 102 valence electrons. The number of fused-ring (bicyclic) bond motifs is 1. The van der Waals surface area contributed by atoms with Gasteiger partial charge in [0.2, 0.25) is 0 Å². The van der Waals surface area contributed by atoms with E-state index >= 15 is 0 Å². The van der Waals surface area contributed by atoms with E-state index in [1.54, 1.807) is 4.57 Å². The van der Waals surface area contributed by atoms with Crippen LogP contribution in [0.15, 0.2) is 29.1 Å². The predicted octanol–water partition coefficient (Wildman–Crippen LogP) is 1.23. The van der Waals surface area contributed by atoms with Crippen molar-refractivity contribution in [3.05, 3.63) is 34.7 Å². The Morgan fingerprint density at radius 2 is 2.16 bits per heavy atom. The molecule has 0 radical (unpaired) electrons. The molecule has 1 aromatic carbocycles. The van der Waals surface area contributed by atoms with Crippen LogP contribution in [0.4, 0.5) is 0 Å². The summed E-state index contributed by atoms with van der Waals surface area (Å²) < 4.78 is 7.46. The van der Waals surface area contributed by atoms with Crippen LogP contribution < -0.4 is 11.4 Å². The molecule has 5 nitrogen and oxygen atoms in total. The molecule has 0 aliphatic heterocycles. The van der Waals surface area contributed by atoms with Gasteiger partial charge in [-0.05, 0) is 31.4 Å². The maximum atomic E-state index is 11.8. The Hall–Kier alpha value is -1.59. The van der Waals surface area contributed by atoms with Crippen LogP contribution in [-0.2, 0) is 11.3 Å². The van der Waals surface area contributed by atoms with Crippen LogP contribution in [-0.4, -0.2) is 28.3 Å². The van der Waals surface area contributed by atoms with Gasteiger partial charge < -0.3 is 15.5 Å². The molecule has 1 fully saturated rings. The van der Waals surface area contributed by atoms with E-state index in [1.807, 2.05) is 24.3 Å². The lowest BCUT2D eigenvalue weighted by Gasteiger charge is -2.32. The number of para-hydroxylation sites is 2. The third-order valence-corrected chi connectivity index (χ3v) is 3.69. The smallest absolute Gasteiger partial charge is 0.326 e. The Morgan fingerprint density at radius 3 is 2.95 bits per heavy atom. The highest BCUT2D eigenvalue weighted by molar-refractivity contribution is 5.74. The van der Waals surface area contributed by atoms with Gasteiger partial charge in [0.25, 0.3) is 0 Å². The quantitative estimate of drug-likeness (QED) is 0.795. The second-order valence-corrected chi connectivity index (χ2v) is 5.18. The summed E-state index contributed by atoms with van der Waals surface area (Å²) in [6.45, 7) is 1.37. The number of hydrogen-bond donors (Lipinski definition) is 2. The molecule has 3 rings (SSSR count). The maximum Gasteiger partial charge on any atom is 0.326 e. The minimum Gasteiger partial charge on any atom is -0.378 e. The fraction of sp³-hybridized carbons (Fsp3) is 0.500. The molecule has 5 heteroatoms. The highest BCUT2D eigenvalue weighted by Gasteiger charge is 2.26. The topological polar surface area (TPSA) is 73.0 Å². The number of imidazole rings is 1. The Labute approximate surface area is 111 Å². The molecule has 0 saturated heterocycles. The van der Waals surface area contributed by atoms with Crippen molar-refractivity contribution in [1.82, 2.24) is 9.55 Å². The van der Waals surface area contributed by atoms with Crippen molar-refractivity contribution in [1.29, 1.82) is 0 Å². The number of H-pyrrole nitrogens is 1. The zero-order valence-electron chi connectivity index (χ0n) is 10.8. The van der Waals surface area contributed by atoms with E-state index < -0.39 is 0 Å². The summed E-state index contributed by atoms with van der Waals surface area (Å²) in [6.07, 6.45) is 3.10. The Balaban J connectivity index is 1.56. The minimum atomic E-state index is -0.0492. The molecule has 1 aromatic heterocycles. The average molecular weight is 261 g/mol. The summed E-state index contributed by atoms with van der Waals surface area (Å²) in [5.41, 5.74) is 7.50. The first kappa shape index (κ1) is 12.4. The highest BCUT2D eigenvalue weighted by Crippen LogP contribution is 2.21. The SMILES string of the molecule is NC1CC(OCCCn2c(=O)[nH]c3ccccc32)C1. The Bertz CT molecular complexity index is 610. The maximum absolute atomic E-state index is 11.8. The first-order chi connectivity index (χ1) is 9.24. The number of nitrogens with two attached hydrogens (primary N) is 1. The van der Waals surface area contributed by atoms with Crippen LogP contribution in [0.1, 0.15) is 19.3 Å². The zero-order chi connectivity index (χ0) is 13.2. The van der Waals surface area contributed by atoms with Gasteiger partial charge in [0.05, 0.1) is 17.1 Å². The van der Waals surface area contributed by atoms with Crippen LogP contribution in [0.2, 0.25) is 0 Å². The minimum absolute atomic E-state index is 0.0492. The lowest BCUT2D eigenvalue weighted by molar-refractivity contribution is -0.0103. The van der Waals surface area contributed by atoms with E-state index in [0.29, 0.717) is 25.3 Å². The molecule has 0 amide bonds. The first-order valence-electron chi connectivity index (χ1n) is 6.79. The van der Waals surface area contributed by atoms with Gasteiger partial charge >= 0.3 is 5.69 Å². The van der Waals surface area contributed by atoms with Gasteiger partial charge in [0.15, 0.2) is 0 Å². The van der Waals surface area contributed by atoms with Gasteiger partial charge in [0, 0.05) is 19.2 Å². The number of aryl methyl sites for hydroxylation is 1. The number of hydrogen-bond acceptors (Lipinski definition) is 3. The fourth-order valence-corrected chi connectivity index (χ4v) is 2.54. The number of rotatable bonds is 5. The number of aromatic nitrogens is 2. The van der Waals surface area contributed by atoms with Crippen LogP contribution in [0.5, 0.6) is 0 Å². The van der Waals surface area contributed by atoms with E-state index in [9.17, 15) is 4.79 Å². The van der Waals surface area contributed by atoms with Crippen molar-refractivity contribution in [2.75, 3.05) is 6.61 Å². The average Bonchev–Trinajstić information content (AvgIpc) is 2.68. The van der Waals surface area contributed by atoms with Gasteiger partial charge in [-0.25, -0.2) is 4.79 Å². The van der Waals surface area contributed by atoms with Crippen molar-refractivity contribution >= 4 is 11.0 Å². The number of nitrogens with zero attached hydrogens (tertiary/aromatic N) is 1. The summed E-state index contributed by atoms with van der Waals surface area (Å²) in [4.78, 5) is 14.7. The number of benzene rings is 1. The second-order valence-electron chi connectivity index (χ2n) is 5.18. The molecule has 1 heterocycles. The standard InChI is InChI=1S/C14H19N3O2/c15-10-8-11(9-10)19-7-3-6-17-13-5-2-1-4-12(13)16-14(17)18/h1-2,4-5,10-11H,3,6-9,15H2,(H,16,18). The molecule has 2 aromatic rings. The molecule has 0 atom stereocenters. The lowest BCUT2D eigenvalue weighted by atomic mass is 9.90. The van der Waals surface area contributed by atoms with Gasteiger partial charge in [-0.3, -0.25) is 4.57 Å². The van der Waals surface area contributed by atoms with Crippen molar-refractivity contribution in [2.45, 2.75) is 38.0 Å². The lowest BCUT2D eigenvalue weighted by Crippen LogP contribution is -2.41. The molecular weight excluding hydrogens is 242 g/mol. The zero-order valence-corrected chi connectivity index (χ0v) is 10.8. The van der Waals surface area contributed by atoms with E-state index in [0.717, 1.165) is 30.3 Å². The van der Waals surface area contributed by atoms with E-state index in [4.69, 9.17) is 10.5 Å². The van der Waals surface area contributed by atoms with Crippen molar-refractivity contribution in [3.8, 4) is 0 Å². The molecule has 0 bridgehead atoms. The summed E-state index contributed by atoms with van der Waals surface area (Å²) in [5, 5.41) is 0. The van der Waals surface area contributed by atoms with Crippen molar-refractivity contribution < 1.29 is 4.74 Å². The van der Waals surface area contributed by atoms with Gasteiger partial charge in [-0.1, -0.05) is 12.1 Å². The van der Waals surface area contributed by atoms with E-state index in [2.05, 4.69) is 4.98 Å². The molecule has 0 unspecified atom stereocenters. The van der Waals surface area contributed by atoms with Gasteiger partial charge in [-0.2, -0.15) is 0 Å². The molecule has 1 saturated carbocycles. The van der Waals surface area contributed by atoms with E-state index in [1.165, 1.54) is 0 Å². The molecule has 1 aliphatic rings. The van der Waals surface area contributed by atoms with Crippen LogP contribution in [0, 0.1) is 0 Å². The number of nitrogens with one attached hydrogen (secondary N) is 1. The van der Waals surface area contributed by atoms with Crippen LogP contribution >= 0.6 is 0 Å². The summed E-state index contributed by atoms with van der Waals surface area (Å²) in [6, 6.07) is 8.06. The number of aromatic amines is 1.